The van der Waals surface area contributed by atoms with E-state index < -0.39 is 0 Å². The zero-order valence-electron chi connectivity index (χ0n) is 11.1. The molecule has 0 spiro atoms. The number of esters is 1. The SMILES string of the molecule is CCOC(=O)CCN(C)Cc1ccc(C#N)cc1Cl. The first-order chi connectivity index (χ1) is 9.06. The summed E-state index contributed by atoms with van der Waals surface area (Å²) in [6.45, 7) is 3.43. The quantitative estimate of drug-likeness (QED) is 0.752. The third-order valence-corrected chi connectivity index (χ3v) is 2.98. The van der Waals surface area contributed by atoms with E-state index in [1.165, 1.54) is 0 Å². The summed E-state index contributed by atoms with van der Waals surface area (Å²) in [6, 6.07) is 7.26. The van der Waals surface area contributed by atoms with E-state index in [0.29, 0.717) is 36.7 Å². The maximum Gasteiger partial charge on any atom is 0.307 e. The molecule has 0 saturated carbocycles. The highest BCUT2D eigenvalue weighted by atomic mass is 35.5. The number of rotatable bonds is 6. The smallest absolute Gasteiger partial charge is 0.307 e. The predicted molar refractivity (Wildman–Crippen MR) is 73.8 cm³/mol. The van der Waals surface area contributed by atoms with E-state index in [2.05, 4.69) is 0 Å². The third kappa shape index (κ3) is 5.29. The van der Waals surface area contributed by atoms with Gasteiger partial charge in [-0.1, -0.05) is 17.7 Å². The summed E-state index contributed by atoms with van der Waals surface area (Å²) >= 11 is 6.10. The minimum Gasteiger partial charge on any atom is -0.466 e. The number of nitrogens with zero attached hydrogens (tertiary/aromatic N) is 2. The average Bonchev–Trinajstić information content (AvgIpc) is 2.39. The number of hydrogen-bond acceptors (Lipinski definition) is 4. The molecule has 0 aliphatic rings. The highest BCUT2D eigenvalue weighted by Gasteiger charge is 2.08. The van der Waals surface area contributed by atoms with Gasteiger partial charge < -0.3 is 9.64 Å². The molecule has 0 aliphatic carbocycles. The lowest BCUT2D eigenvalue weighted by Crippen LogP contribution is -2.22. The lowest BCUT2D eigenvalue weighted by Gasteiger charge is -2.17. The fourth-order valence-corrected chi connectivity index (χ4v) is 1.87. The van der Waals surface area contributed by atoms with Crippen LogP contribution in [0.5, 0.6) is 0 Å². The summed E-state index contributed by atoms with van der Waals surface area (Å²) in [5, 5.41) is 9.33. The van der Waals surface area contributed by atoms with Gasteiger partial charge in [-0.15, -0.1) is 0 Å². The highest BCUT2D eigenvalue weighted by molar-refractivity contribution is 6.31. The van der Waals surface area contributed by atoms with Gasteiger partial charge >= 0.3 is 5.97 Å². The summed E-state index contributed by atoms with van der Waals surface area (Å²) in [6.07, 6.45) is 0.359. The fourth-order valence-electron chi connectivity index (χ4n) is 1.63. The van der Waals surface area contributed by atoms with Crippen LogP contribution in [0, 0.1) is 11.3 Å². The number of ether oxygens (including phenoxy) is 1. The van der Waals surface area contributed by atoms with Crippen molar-refractivity contribution in [2.75, 3.05) is 20.2 Å². The maximum absolute atomic E-state index is 11.2. The first kappa shape index (κ1) is 15.5. The van der Waals surface area contributed by atoms with Gasteiger partial charge in [0.1, 0.15) is 0 Å². The highest BCUT2D eigenvalue weighted by Crippen LogP contribution is 2.19. The molecule has 0 N–H and O–H groups in total. The van der Waals surface area contributed by atoms with Crippen molar-refractivity contribution in [3.63, 3.8) is 0 Å². The van der Waals surface area contributed by atoms with Crippen LogP contribution in [0.4, 0.5) is 0 Å². The molecular weight excluding hydrogens is 264 g/mol. The molecule has 102 valence electrons. The third-order valence-electron chi connectivity index (χ3n) is 2.63. The Kier molecular flexibility index (Phi) is 6.34. The zero-order chi connectivity index (χ0) is 14.3. The molecule has 0 heterocycles. The van der Waals surface area contributed by atoms with Crippen molar-refractivity contribution >= 4 is 17.6 Å². The maximum atomic E-state index is 11.2. The van der Waals surface area contributed by atoms with Crippen molar-refractivity contribution in [3.05, 3.63) is 34.3 Å². The largest absolute Gasteiger partial charge is 0.466 e. The Bertz CT molecular complexity index is 483. The van der Waals surface area contributed by atoms with Gasteiger partial charge in [-0.3, -0.25) is 4.79 Å². The Morgan fingerprint density at radius 1 is 1.53 bits per heavy atom. The Labute approximate surface area is 118 Å². The predicted octanol–water partition coefficient (Wildman–Crippen LogP) is 2.60. The van der Waals surface area contributed by atoms with Crippen molar-refractivity contribution < 1.29 is 9.53 Å². The fraction of sp³-hybridized carbons (Fsp3) is 0.429. The molecular formula is C14H17ClN2O2. The molecule has 0 atom stereocenters. The molecule has 19 heavy (non-hydrogen) atoms. The molecule has 0 aliphatic heterocycles. The summed E-state index contributed by atoms with van der Waals surface area (Å²) in [5.74, 6) is -0.194. The van der Waals surface area contributed by atoms with Crippen LogP contribution in [0.15, 0.2) is 18.2 Å². The number of carbonyl (C=O) groups excluding carboxylic acids is 1. The first-order valence-electron chi connectivity index (χ1n) is 6.09. The molecule has 1 aromatic rings. The Hall–Kier alpha value is -1.57. The molecule has 0 amide bonds. The van der Waals surface area contributed by atoms with E-state index in [1.54, 1.807) is 19.1 Å². The number of hydrogen-bond donors (Lipinski definition) is 0. The van der Waals surface area contributed by atoms with Crippen molar-refractivity contribution in [1.82, 2.24) is 4.90 Å². The summed E-state index contributed by atoms with van der Waals surface area (Å²) in [4.78, 5) is 13.2. The van der Waals surface area contributed by atoms with Gasteiger partial charge in [0.2, 0.25) is 0 Å². The van der Waals surface area contributed by atoms with E-state index >= 15 is 0 Å². The van der Waals surface area contributed by atoms with E-state index in [4.69, 9.17) is 21.6 Å². The van der Waals surface area contributed by atoms with Crippen LogP contribution in [-0.4, -0.2) is 31.1 Å². The van der Waals surface area contributed by atoms with Crippen LogP contribution < -0.4 is 0 Å². The van der Waals surface area contributed by atoms with Crippen LogP contribution in [0.3, 0.4) is 0 Å². The molecule has 4 nitrogen and oxygen atoms in total. The van der Waals surface area contributed by atoms with Crippen LogP contribution in [0.25, 0.3) is 0 Å². The van der Waals surface area contributed by atoms with Crippen molar-refractivity contribution in [2.24, 2.45) is 0 Å². The second kappa shape index (κ2) is 7.78. The van der Waals surface area contributed by atoms with Crippen molar-refractivity contribution in [1.29, 1.82) is 5.26 Å². The van der Waals surface area contributed by atoms with Gasteiger partial charge in [0, 0.05) is 18.1 Å². The standard InChI is InChI=1S/C14H17ClN2O2/c1-3-19-14(18)6-7-17(2)10-12-5-4-11(9-16)8-13(12)15/h4-5,8H,3,6-7,10H2,1-2H3. The van der Waals surface area contributed by atoms with Gasteiger partial charge in [0.15, 0.2) is 0 Å². The number of carbonyl (C=O) groups is 1. The minimum absolute atomic E-state index is 0.194. The average molecular weight is 281 g/mol. The van der Waals surface area contributed by atoms with E-state index in [0.717, 1.165) is 5.56 Å². The second-order valence-corrected chi connectivity index (χ2v) is 4.62. The van der Waals surface area contributed by atoms with Gasteiger partial charge in [-0.25, -0.2) is 0 Å². The topological polar surface area (TPSA) is 53.3 Å². The lowest BCUT2D eigenvalue weighted by atomic mass is 10.1. The molecule has 5 heteroatoms. The van der Waals surface area contributed by atoms with E-state index in [9.17, 15) is 4.79 Å². The summed E-state index contributed by atoms with van der Waals surface area (Å²) in [5.41, 5.74) is 1.48. The Morgan fingerprint density at radius 2 is 2.26 bits per heavy atom. The number of benzene rings is 1. The monoisotopic (exact) mass is 280 g/mol. The number of halogens is 1. The van der Waals surface area contributed by atoms with Gasteiger partial charge in [-0.05, 0) is 31.7 Å². The minimum atomic E-state index is -0.194. The molecule has 0 saturated heterocycles. The van der Waals surface area contributed by atoms with Crippen LogP contribution in [0.1, 0.15) is 24.5 Å². The molecule has 0 fully saturated rings. The van der Waals surface area contributed by atoms with Gasteiger partial charge in [0.25, 0.3) is 0 Å². The van der Waals surface area contributed by atoms with Crippen LogP contribution >= 0.6 is 11.6 Å². The van der Waals surface area contributed by atoms with Crippen LogP contribution in [-0.2, 0) is 16.1 Å². The van der Waals surface area contributed by atoms with Crippen LogP contribution in [0.2, 0.25) is 5.02 Å². The van der Waals surface area contributed by atoms with Gasteiger partial charge in [0.05, 0.1) is 24.7 Å². The van der Waals surface area contributed by atoms with Crippen molar-refractivity contribution in [2.45, 2.75) is 19.9 Å². The normalized spacial score (nSPS) is 10.3. The molecule has 1 aromatic carbocycles. The molecule has 0 radical (unpaired) electrons. The summed E-state index contributed by atoms with van der Waals surface area (Å²) in [7, 11) is 1.91. The molecule has 0 unspecified atom stereocenters. The molecule has 1 rings (SSSR count). The molecule has 0 bridgehead atoms. The summed E-state index contributed by atoms with van der Waals surface area (Å²) < 4.78 is 4.87. The van der Waals surface area contributed by atoms with E-state index in [-0.39, 0.29) is 5.97 Å². The first-order valence-corrected chi connectivity index (χ1v) is 6.47. The van der Waals surface area contributed by atoms with Crippen molar-refractivity contribution in [3.8, 4) is 6.07 Å². The second-order valence-electron chi connectivity index (χ2n) is 4.21. The Morgan fingerprint density at radius 3 is 2.84 bits per heavy atom. The molecule has 0 aromatic heterocycles. The number of nitriles is 1. The lowest BCUT2D eigenvalue weighted by molar-refractivity contribution is -0.143. The van der Waals surface area contributed by atoms with E-state index in [1.807, 2.05) is 24.1 Å². The zero-order valence-corrected chi connectivity index (χ0v) is 11.9. The Balaban J connectivity index is 2.51. The van der Waals surface area contributed by atoms with Gasteiger partial charge in [-0.2, -0.15) is 5.26 Å².